The van der Waals surface area contributed by atoms with Crippen molar-refractivity contribution in [3.8, 4) is 0 Å². The standard InChI is InChI=1S/C15H21BrN2O/c1-18(15(19)13-5-8-17-9-6-13)10-7-12-3-2-4-14(16)11-12/h2-4,11,13,17H,5-10H2,1H3. The van der Waals surface area contributed by atoms with Crippen molar-refractivity contribution in [1.29, 1.82) is 0 Å². The van der Waals surface area contributed by atoms with Gasteiger partial charge in [0.1, 0.15) is 0 Å². The Hall–Kier alpha value is -0.870. The topological polar surface area (TPSA) is 32.3 Å². The van der Waals surface area contributed by atoms with Crippen LogP contribution in [0.15, 0.2) is 28.7 Å². The van der Waals surface area contributed by atoms with E-state index in [4.69, 9.17) is 0 Å². The fourth-order valence-corrected chi connectivity index (χ4v) is 2.93. The fourth-order valence-electron chi connectivity index (χ4n) is 2.48. The van der Waals surface area contributed by atoms with Gasteiger partial charge in [-0.25, -0.2) is 0 Å². The molecule has 1 aliphatic rings. The molecule has 19 heavy (non-hydrogen) atoms. The van der Waals surface area contributed by atoms with E-state index >= 15 is 0 Å². The maximum atomic E-state index is 12.3. The van der Waals surface area contributed by atoms with E-state index in [1.54, 1.807) is 0 Å². The van der Waals surface area contributed by atoms with E-state index in [1.165, 1.54) is 5.56 Å². The summed E-state index contributed by atoms with van der Waals surface area (Å²) in [6, 6.07) is 8.28. The lowest BCUT2D eigenvalue weighted by molar-refractivity contribution is -0.134. The number of hydrogen-bond acceptors (Lipinski definition) is 2. The fraction of sp³-hybridized carbons (Fsp3) is 0.533. The number of carbonyl (C=O) groups is 1. The number of benzene rings is 1. The number of amides is 1. The first-order valence-corrected chi connectivity index (χ1v) is 7.66. The van der Waals surface area contributed by atoms with Gasteiger partial charge in [0.2, 0.25) is 5.91 Å². The predicted octanol–water partition coefficient (Wildman–Crippen LogP) is 2.45. The van der Waals surface area contributed by atoms with Crippen LogP contribution in [0.25, 0.3) is 0 Å². The highest BCUT2D eigenvalue weighted by molar-refractivity contribution is 9.10. The summed E-state index contributed by atoms with van der Waals surface area (Å²) in [7, 11) is 1.92. The number of piperidine rings is 1. The predicted molar refractivity (Wildman–Crippen MR) is 81.1 cm³/mol. The van der Waals surface area contributed by atoms with E-state index in [1.807, 2.05) is 24.1 Å². The molecule has 0 saturated carbocycles. The van der Waals surface area contributed by atoms with Crippen LogP contribution in [-0.4, -0.2) is 37.5 Å². The lowest BCUT2D eigenvalue weighted by Crippen LogP contribution is -2.39. The van der Waals surface area contributed by atoms with Gasteiger partial charge >= 0.3 is 0 Å². The van der Waals surface area contributed by atoms with Crippen molar-refractivity contribution in [2.24, 2.45) is 5.92 Å². The van der Waals surface area contributed by atoms with E-state index in [9.17, 15) is 4.79 Å². The molecule has 3 nitrogen and oxygen atoms in total. The van der Waals surface area contributed by atoms with Gasteiger partial charge in [0.15, 0.2) is 0 Å². The first-order chi connectivity index (χ1) is 9.16. The number of hydrogen-bond donors (Lipinski definition) is 1. The van der Waals surface area contributed by atoms with Crippen LogP contribution in [0.4, 0.5) is 0 Å². The van der Waals surface area contributed by atoms with Crippen LogP contribution in [0.1, 0.15) is 18.4 Å². The minimum absolute atomic E-state index is 0.216. The molecule has 1 heterocycles. The Bertz CT molecular complexity index is 430. The molecule has 0 bridgehead atoms. The van der Waals surface area contributed by atoms with Crippen molar-refractivity contribution in [2.45, 2.75) is 19.3 Å². The number of likely N-dealkylation sites (N-methyl/N-ethyl adjacent to an activating group) is 1. The summed E-state index contributed by atoms with van der Waals surface area (Å²) in [6.45, 7) is 2.73. The lowest BCUT2D eigenvalue weighted by atomic mass is 9.96. The monoisotopic (exact) mass is 324 g/mol. The molecule has 0 aromatic heterocycles. The van der Waals surface area contributed by atoms with Gasteiger partial charge in [-0.05, 0) is 50.0 Å². The summed E-state index contributed by atoms with van der Waals surface area (Å²) in [5, 5.41) is 3.30. The molecule has 1 aromatic carbocycles. The second kappa shape index (κ2) is 7.06. The third-order valence-electron chi connectivity index (χ3n) is 3.69. The van der Waals surface area contributed by atoms with Crippen LogP contribution in [-0.2, 0) is 11.2 Å². The van der Waals surface area contributed by atoms with Gasteiger partial charge in [0.25, 0.3) is 0 Å². The molecule has 1 aliphatic heterocycles. The highest BCUT2D eigenvalue weighted by Crippen LogP contribution is 2.16. The highest BCUT2D eigenvalue weighted by Gasteiger charge is 2.23. The number of carbonyl (C=O) groups excluding carboxylic acids is 1. The summed E-state index contributed by atoms with van der Waals surface area (Å²) in [6.07, 6.45) is 2.85. The summed E-state index contributed by atoms with van der Waals surface area (Å²) in [5.74, 6) is 0.519. The summed E-state index contributed by atoms with van der Waals surface area (Å²) in [4.78, 5) is 14.2. The summed E-state index contributed by atoms with van der Waals surface area (Å²) < 4.78 is 1.09. The SMILES string of the molecule is CN(CCc1cccc(Br)c1)C(=O)C1CCNCC1. The Kier molecular flexibility index (Phi) is 5.40. The Labute approximate surface area is 123 Å². The van der Waals surface area contributed by atoms with Crippen molar-refractivity contribution < 1.29 is 4.79 Å². The lowest BCUT2D eigenvalue weighted by Gasteiger charge is -2.27. The van der Waals surface area contributed by atoms with Crippen LogP contribution >= 0.6 is 15.9 Å². The minimum Gasteiger partial charge on any atom is -0.345 e. The van der Waals surface area contributed by atoms with Gasteiger partial charge in [-0.1, -0.05) is 28.1 Å². The molecule has 1 saturated heterocycles. The zero-order chi connectivity index (χ0) is 13.7. The third kappa shape index (κ3) is 4.32. The maximum absolute atomic E-state index is 12.3. The zero-order valence-electron chi connectivity index (χ0n) is 11.4. The minimum atomic E-state index is 0.216. The summed E-state index contributed by atoms with van der Waals surface area (Å²) in [5.41, 5.74) is 1.26. The molecule has 2 rings (SSSR count). The first kappa shape index (κ1) is 14.5. The molecular weight excluding hydrogens is 304 g/mol. The van der Waals surface area contributed by atoms with Crippen molar-refractivity contribution in [1.82, 2.24) is 10.2 Å². The van der Waals surface area contributed by atoms with Crippen molar-refractivity contribution in [3.05, 3.63) is 34.3 Å². The van der Waals surface area contributed by atoms with Gasteiger partial charge in [0, 0.05) is 24.0 Å². The highest BCUT2D eigenvalue weighted by atomic mass is 79.9. The molecule has 1 N–H and O–H groups in total. The molecule has 0 spiro atoms. The average Bonchev–Trinajstić information content (AvgIpc) is 2.45. The van der Waals surface area contributed by atoms with Gasteiger partial charge in [-0.2, -0.15) is 0 Å². The molecule has 0 unspecified atom stereocenters. The molecule has 4 heteroatoms. The first-order valence-electron chi connectivity index (χ1n) is 6.87. The number of nitrogens with zero attached hydrogens (tertiary/aromatic N) is 1. The Morgan fingerprint density at radius 3 is 2.84 bits per heavy atom. The van der Waals surface area contributed by atoms with Gasteiger partial charge in [-0.15, -0.1) is 0 Å². The van der Waals surface area contributed by atoms with E-state index in [0.717, 1.165) is 43.4 Å². The maximum Gasteiger partial charge on any atom is 0.225 e. The second-order valence-electron chi connectivity index (χ2n) is 5.16. The number of halogens is 1. The van der Waals surface area contributed by atoms with E-state index in [0.29, 0.717) is 5.91 Å². The van der Waals surface area contributed by atoms with Crippen LogP contribution in [0.3, 0.4) is 0 Å². The number of rotatable bonds is 4. The molecule has 1 aromatic rings. The molecule has 0 atom stereocenters. The summed E-state index contributed by atoms with van der Waals surface area (Å²) >= 11 is 3.47. The molecule has 1 fully saturated rings. The Balaban J connectivity index is 1.83. The number of nitrogens with one attached hydrogen (secondary N) is 1. The molecule has 0 aliphatic carbocycles. The van der Waals surface area contributed by atoms with Crippen LogP contribution in [0.5, 0.6) is 0 Å². The van der Waals surface area contributed by atoms with Gasteiger partial charge in [-0.3, -0.25) is 4.79 Å². The van der Waals surface area contributed by atoms with Crippen molar-refractivity contribution in [3.63, 3.8) is 0 Å². The van der Waals surface area contributed by atoms with Gasteiger partial charge < -0.3 is 10.2 Å². The molecule has 1 amide bonds. The largest absolute Gasteiger partial charge is 0.345 e. The van der Waals surface area contributed by atoms with Crippen LogP contribution in [0.2, 0.25) is 0 Å². The molecule has 104 valence electrons. The normalized spacial score (nSPS) is 16.3. The molecular formula is C15H21BrN2O. The third-order valence-corrected chi connectivity index (χ3v) is 4.18. The van der Waals surface area contributed by atoms with Crippen molar-refractivity contribution in [2.75, 3.05) is 26.7 Å². The van der Waals surface area contributed by atoms with E-state index in [-0.39, 0.29) is 5.92 Å². The second-order valence-corrected chi connectivity index (χ2v) is 6.08. The zero-order valence-corrected chi connectivity index (χ0v) is 12.9. The Morgan fingerprint density at radius 1 is 1.42 bits per heavy atom. The van der Waals surface area contributed by atoms with Crippen LogP contribution in [0, 0.1) is 5.92 Å². The smallest absolute Gasteiger partial charge is 0.225 e. The Morgan fingerprint density at radius 2 is 2.16 bits per heavy atom. The van der Waals surface area contributed by atoms with Gasteiger partial charge in [0.05, 0.1) is 0 Å². The average molecular weight is 325 g/mol. The van der Waals surface area contributed by atoms with E-state index < -0.39 is 0 Å². The van der Waals surface area contributed by atoms with E-state index in [2.05, 4.69) is 33.4 Å². The van der Waals surface area contributed by atoms with Crippen LogP contribution < -0.4 is 5.32 Å². The molecule has 0 radical (unpaired) electrons. The quantitative estimate of drug-likeness (QED) is 0.922. The van der Waals surface area contributed by atoms with Crippen molar-refractivity contribution >= 4 is 21.8 Å².